The van der Waals surface area contributed by atoms with Crippen LogP contribution in [0, 0.1) is 3.57 Å². The Bertz CT molecular complexity index is 286. The van der Waals surface area contributed by atoms with Crippen molar-refractivity contribution in [3.05, 3.63) is 33.4 Å². The molecule has 0 aliphatic heterocycles. The monoisotopic (exact) mass is 306 g/mol. The van der Waals surface area contributed by atoms with E-state index in [1.54, 1.807) is 0 Å². The fraction of sp³-hybridized carbons (Fsp3) is 0.455. The topological polar surface area (TPSA) is 29.5 Å². The third-order valence-electron chi connectivity index (χ3n) is 1.82. The maximum absolute atomic E-state index is 9.77. The molecule has 1 aromatic carbocycles. The maximum Gasteiger partial charge on any atom is 0.102 e. The van der Waals surface area contributed by atoms with Gasteiger partial charge in [-0.25, -0.2) is 0 Å². The molecule has 0 spiro atoms. The van der Waals surface area contributed by atoms with Crippen LogP contribution in [0.3, 0.4) is 0 Å². The van der Waals surface area contributed by atoms with Gasteiger partial charge in [0.1, 0.15) is 6.10 Å². The number of benzene rings is 1. The van der Waals surface area contributed by atoms with Crippen LogP contribution >= 0.6 is 22.6 Å². The van der Waals surface area contributed by atoms with Crippen LogP contribution in [-0.4, -0.2) is 17.8 Å². The summed E-state index contributed by atoms with van der Waals surface area (Å²) >= 11 is 2.23. The smallest absolute Gasteiger partial charge is 0.102 e. The summed E-state index contributed by atoms with van der Waals surface area (Å²) in [6.45, 7) is 4.28. The first-order chi connectivity index (χ1) is 6.59. The van der Waals surface area contributed by atoms with Crippen molar-refractivity contribution in [2.24, 2.45) is 0 Å². The normalized spacial score (nSPS) is 13.2. The highest BCUT2D eigenvalue weighted by atomic mass is 127. The van der Waals surface area contributed by atoms with Gasteiger partial charge in [0.15, 0.2) is 0 Å². The summed E-state index contributed by atoms with van der Waals surface area (Å²) in [7, 11) is 0. The second-order valence-electron chi connectivity index (χ2n) is 3.45. The van der Waals surface area contributed by atoms with Gasteiger partial charge in [0.05, 0.1) is 12.7 Å². The van der Waals surface area contributed by atoms with E-state index < -0.39 is 6.10 Å². The summed E-state index contributed by atoms with van der Waals surface area (Å²) in [6, 6.07) is 7.82. The number of halogens is 1. The van der Waals surface area contributed by atoms with Gasteiger partial charge in [-0.2, -0.15) is 0 Å². The number of rotatable bonds is 4. The lowest BCUT2D eigenvalue weighted by Gasteiger charge is -2.13. The van der Waals surface area contributed by atoms with Crippen molar-refractivity contribution in [2.45, 2.75) is 26.1 Å². The van der Waals surface area contributed by atoms with E-state index in [1.165, 1.54) is 0 Å². The van der Waals surface area contributed by atoms with Crippen LogP contribution in [0.1, 0.15) is 25.5 Å². The Balaban J connectivity index is 2.56. The van der Waals surface area contributed by atoms with Crippen LogP contribution < -0.4 is 0 Å². The van der Waals surface area contributed by atoms with Gasteiger partial charge in [-0.15, -0.1) is 0 Å². The third kappa shape index (κ3) is 3.94. The molecule has 1 aromatic rings. The molecule has 1 unspecified atom stereocenters. The molecule has 0 aliphatic carbocycles. The second-order valence-corrected chi connectivity index (χ2v) is 4.70. The predicted molar refractivity (Wildman–Crippen MR) is 65.2 cm³/mol. The zero-order chi connectivity index (χ0) is 10.6. The molecule has 0 bridgehead atoms. The van der Waals surface area contributed by atoms with Gasteiger partial charge in [0.2, 0.25) is 0 Å². The lowest BCUT2D eigenvalue weighted by Crippen LogP contribution is -2.11. The minimum Gasteiger partial charge on any atom is -0.386 e. The SMILES string of the molecule is CC(C)OCC(O)c1cccc(I)c1. The molecule has 1 atom stereocenters. The molecule has 0 aliphatic rings. The maximum atomic E-state index is 9.77. The first kappa shape index (κ1) is 11.9. The Kier molecular flexibility index (Phi) is 4.84. The molecule has 14 heavy (non-hydrogen) atoms. The van der Waals surface area contributed by atoms with Gasteiger partial charge in [0, 0.05) is 3.57 Å². The number of ether oxygens (including phenoxy) is 1. The van der Waals surface area contributed by atoms with Crippen molar-refractivity contribution in [2.75, 3.05) is 6.61 Å². The molecule has 0 saturated carbocycles. The minimum atomic E-state index is -0.521. The molecule has 2 nitrogen and oxygen atoms in total. The lowest BCUT2D eigenvalue weighted by molar-refractivity contribution is 0.00491. The van der Waals surface area contributed by atoms with E-state index in [1.807, 2.05) is 38.1 Å². The summed E-state index contributed by atoms with van der Waals surface area (Å²) in [5.41, 5.74) is 0.914. The highest BCUT2D eigenvalue weighted by Gasteiger charge is 2.08. The Morgan fingerprint density at radius 2 is 2.14 bits per heavy atom. The third-order valence-corrected chi connectivity index (χ3v) is 2.49. The average Bonchev–Trinajstić information content (AvgIpc) is 2.14. The van der Waals surface area contributed by atoms with Crippen LogP contribution in [0.4, 0.5) is 0 Å². The van der Waals surface area contributed by atoms with Gasteiger partial charge in [-0.3, -0.25) is 0 Å². The highest BCUT2D eigenvalue weighted by Crippen LogP contribution is 2.16. The van der Waals surface area contributed by atoms with Crippen molar-refractivity contribution >= 4 is 22.6 Å². The average molecular weight is 306 g/mol. The number of hydrogen-bond acceptors (Lipinski definition) is 2. The van der Waals surface area contributed by atoms with Crippen LogP contribution in [0.15, 0.2) is 24.3 Å². The van der Waals surface area contributed by atoms with Crippen molar-refractivity contribution < 1.29 is 9.84 Å². The van der Waals surface area contributed by atoms with E-state index in [0.717, 1.165) is 9.13 Å². The van der Waals surface area contributed by atoms with Crippen molar-refractivity contribution in [3.63, 3.8) is 0 Å². The minimum absolute atomic E-state index is 0.160. The van der Waals surface area contributed by atoms with Crippen LogP contribution in [0.25, 0.3) is 0 Å². The van der Waals surface area contributed by atoms with E-state index in [2.05, 4.69) is 22.6 Å². The second kappa shape index (κ2) is 5.68. The molecule has 1 N–H and O–H groups in total. The van der Waals surface area contributed by atoms with E-state index >= 15 is 0 Å². The molecular weight excluding hydrogens is 291 g/mol. The van der Waals surface area contributed by atoms with E-state index in [4.69, 9.17) is 4.74 Å². The summed E-state index contributed by atoms with van der Waals surface area (Å²) < 4.78 is 6.47. The molecule has 0 fully saturated rings. The highest BCUT2D eigenvalue weighted by molar-refractivity contribution is 14.1. The van der Waals surface area contributed by atoms with Crippen LogP contribution in [0.5, 0.6) is 0 Å². The first-order valence-electron chi connectivity index (χ1n) is 4.64. The molecular formula is C11H15IO2. The molecule has 0 radical (unpaired) electrons. The van der Waals surface area contributed by atoms with Gasteiger partial charge in [0.25, 0.3) is 0 Å². The number of hydrogen-bond donors (Lipinski definition) is 1. The van der Waals surface area contributed by atoms with Crippen molar-refractivity contribution in [1.82, 2.24) is 0 Å². The van der Waals surface area contributed by atoms with Crippen LogP contribution in [0.2, 0.25) is 0 Å². The van der Waals surface area contributed by atoms with Crippen LogP contribution in [-0.2, 0) is 4.74 Å². The largest absolute Gasteiger partial charge is 0.386 e. The first-order valence-corrected chi connectivity index (χ1v) is 5.72. The van der Waals surface area contributed by atoms with Gasteiger partial charge in [-0.1, -0.05) is 12.1 Å². The van der Waals surface area contributed by atoms with E-state index in [0.29, 0.717) is 6.61 Å². The van der Waals surface area contributed by atoms with Gasteiger partial charge >= 0.3 is 0 Å². The fourth-order valence-corrected chi connectivity index (χ4v) is 1.66. The van der Waals surface area contributed by atoms with Crippen molar-refractivity contribution in [1.29, 1.82) is 0 Å². The Morgan fingerprint density at radius 1 is 1.43 bits per heavy atom. The summed E-state index contributed by atoms with van der Waals surface area (Å²) in [5, 5.41) is 9.77. The molecule has 0 amide bonds. The van der Waals surface area contributed by atoms with Crippen molar-refractivity contribution in [3.8, 4) is 0 Å². The quantitative estimate of drug-likeness (QED) is 0.867. The van der Waals surface area contributed by atoms with E-state index in [-0.39, 0.29) is 6.10 Å². The van der Waals surface area contributed by atoms with Gasteiger partial charge in [-0.05, 0) is 54.1 Å². The zero-order valence-electron chi connectivity index (χ0n) is 8.40. The Morgan fingerprint density at radius 3 is 2.71 bits per heavy atom. The Labute approximate surface area is 98.4 Å². The van der Waals surface area contributed by atoms with E-state index in [9.17, 15) is 5.11 Å². The molecule has 0 aromatic heterocycles. The number of aliphatic hydroxyl groups excluding tert-OH is 1. The number of aliphatic hydroxyl groups is 1. The fourth-order valence-electron chi connectivity index (χ4n) is 1.09. The predicted octanol–water partition coefficient (Wildman–Crippen LogP) is 2.75. The molecule has 78 valence electrons. The Hall–Kier alpha value is -0.130. The molecule has 3 heteroatoms. The standard InChI is InChI=1S/C11H15IO2/c1-8(2)14-7-11(13)9-4-3-5-10(12)6-9/h3-6,8,11,13H,7H2,1-2H3. The zero-order valence-corrected chi connectivity index (χ0v) is 10.6. The van der Waals surface area contributed by atoms with Gasteiger partial charge < -0.3 is 9.84 Å². The molecule has 0 heterocycles. The summed E-state index contributed by atoms with van der Waals surface area (Å²) in [6.07, 6.45) is -0.362. The summed E-state index contributed by atoms with van der Waals surface area (Å²) in [4.78, 5) is 0. The molecule has 1 rings (SSSR count). The summed E-state index contributed by atoms with van der Waals surface area (Å²) in [5.74, 6) is 0. The molecule has 0 saturated heterocycles. The lowest BCUT2D eigenvalue weighted by atomic mass is 10.1.